The maximum atomic E-state index is 12.7. The van der Waals surface area contributed by atoms with Gasteiger partial charge in [0.25, 0.3) is 0 Å². The molecule has 0 amide bonds. The Morgan fingerprint density at radius 3 is 2.55 bits per heavy atom. The molecule has 0 spiro atoms. The van der Waals surface area contributed by atoms with Crippen molar-refractivity contribution in [2.24, 2.45) is 0 Å². The number of aliphatic hydroxyl groups is 2. The fraction of sp³-hybridized carbons (Fsp3) is 0.333. The summed E-state index contributed by atoms with van der Waals surface area (Å²) in [5, 5.41) is 18.8. The molecule has 0 aliphatic carbocycles. The Balaban J connectivity index is 2.82. The molecule has 1 unspecified atom stereocenters. The van der Waals surface area contributed by atoms with E-state index < -0.39 is 24.7 Å². The Morgan fingerprint density at radius 2 is 2.00 bits per heavy atom. The minimum Gasteiger partial charge on any atom is -0.496 e. The Labute approximate surface area is 111 Å². The zero-order chi connectivity index (χ0) is 14.9. The number of methoxy groups -OCH3 is 1. The number of nitrogens with zero attached hydrogens (tertiary/aromatic N) is 2. The van der Waals surface area contributed by atoms with Crippen LogP contribution in [0.25, 0.3) is 10.9 Å². The van der Waals surface area contributed by atoms with Crippen LogP contribution in [-0.4, -0.2) is 33.9 Å². The Kier molecular flexibility index (Phi) is 3.78. The number of rotatable bonds is 3. The van der Waals surface area contributed by atoms with Crippen molar-refractivity contribution in [2.75, 3.05) is 13.7 Å². The van der Waals surface area contributed by atoms with Crippen molar-refractivity contribution in [1.82, 2.24) is 9.97 Å². The molecular formula is C12H11F3N2O3. The largest absolute Gasteiger partial charge is 0.496 e. The van der Waals surface area contributed by atoms with E-state index in [4.69, 9.17) is 9.84 Å². The monoisotopic (exact) mass is 288 g/mol. The van der Waals surface area contributed by atoms with E-state index in [0.29, 0.717) is 0 Å². The molecule has 0 aliphatic heterocycles. The second kappa shape index (κ2) is 5.22. The fourth-order valence-electron chi connectivity index (χ4n) is 1.80. The second-order valence-corrected chi connectivity index (χ2v) is 3.98. The molecule has 2 aromatic rings. The van der Waals surface area contributed by atoms with Crippen LogP contribution in [0.15, 0.2) is 18.2 Å². The average Bonchev–Trinajstić information content (AvgIpc) is 2.43. The fourth-order valence-corrected chi connectivity index (χ4v) is 1.80. The van der Waals surface area contributed by atoms with Gasteiger partial charge in [-0.2, -0.15) is 13.2 Å². The van der Waals surface area contributed by atoms with Crippen LogP contribution >= 0.6 is 0 Å². The topological polar surface area (TPSA) is 75.5 Å². The van der Waals surface area contributed by atoms with Gasteiger partial charge in [0.2, 0.25) is 5.82 Å². The summed E-state index contributed by atoms with van der Waals surface area (Å²) in [6.45, 7) is -0.762. The number of alkyl halides is 3. The lowest BCUT2D eigenvalue weighted by atomic mass is 10.1. The van der Waals surface area contributed by atoms with E-state index in [1.54, 1.807) is 0 Å². The van der Waals surface area contributed by atoms with Gasteiger partial charge in [-0.15, -0.1) is 0 Å². The first-order chi connectivity index (χ1) is 9.38. The molecule has 2 N–H and O–H groups in total. The van der Waals surface area contributed by atoms with E-state index >= 15 is 0 Å². The van der Waals surface area contributed by atoms with Gasteiger partial charge in [-0.05, 0) is 12.1 Å². The molecule has 0 aliphatic rings. The molecule has 1 atom stereocenters. The van der Waals surface area contributed by atoms with Crippen molar-refractivity contribution in [1.29, 1.82) is 0 Å². The highest BCUT2D eigenvalue weighted by atomic mass is 19.4. The Bertz CT molecular complexity index is 631. The third-order valence-electron chi connectivity index (χ3n) is 2.68. The van der Waals surface area contributed by atoms with Crippen LogP contribution in [0.4, 0.5) is 13.2 Å². The lowest BCUT2D eigenvalue weighted by molar-refractivity contribution is -0.145. The number of fused-ring (bicyclic) bond motifs is 1. The van der Waals surface area contributed by atoms with Crippen molar-refractivity contribution in [3.63, 3.8) is 0 Å². The smallest absolute Gasteiger partial charge is 0.451 e. The van der Waals surface area contributed by atoms with E-state index in [9.17, 15) is 18.3 Å². The summed E-state index contributed by atoms with van der Waals surface area (Å²) in [7, 11) is 1.33. The van der Waals surface area contributed by atoms with Gasteiger partial charge in [0, 0.05) is 0 Å². The standard InChI is InChI=1S/C12H11F3N2O3/c1-20-8-4-2-3-6-9(8)10(7(19)5-18)17-11(16-6)12(13,14)15/h2-4,7,18-19H,5H2,1H3. The minimum absolute atomic E-state index is 0.0193. The van der Waals surface area contributed by atoms with Crippen molar-refractivity contribution in [3.8, 4) is 5.75 Å². The van der Waals surface area contributed by atoms with Crippen LogP contribution in [0.3, 0.4) is 0 Å². The number of halogens is 3. The van der Waals surface area contributed by atoms with Gasteiger partial charge in [-0.1, -0.05) is 6.07 Å². The number of aliphatic hydroxyl groups excluding tert-OH is 2. The Morgan fingerprint density at radius 1 is 1.30 bits per heavy atom. The van der Waals surface area contributed by atoms with Crippen LogP contribution in [-0.2, 0) is 6.18 Å². The molecule has 0 saturated heterocycles. The lowest BCUT2D eigenvalue weighted by Crippen LogP contribution is -2.16. The normalized spacial score (nSPS) is 13.5. The molecule has 0 saturated carbocycles. The minimum atomic E-state index is -4.75. The summed E-state index contributed by atoms with van der Waals surface area (Å²) >= 11 is 0. The number of hydrogen-bond acceptors (Lipinski definition) is 5. The summed E-state index contributed by atoms with van der Waals surface area (Å²) in [4.78, 5) is 6.75. The zero-order valence-electron chi connectivity index (χ0n) is 10.3. The van der Waals surface area contributed by atoms with E-state index in [2.05, 4.69) is 9.97 Å². The predicted octanol–water partition coefficient (Wildman–Crippen LogP) is 1.68. The van der Waals surface area contributed by atoms with Gasteiger partial charge in [-0.25, -0.2) is 9.97 Å². The third kappa shape index (κ3) is 2.52. The van der Waals surface area contributed by atoms with E-state index in [0.717, 1.165) is 0 Å². The van der Waals surface area contributed by atoms with Gasteiger partial charge < -0.3 is 14.9 Å². The van der Waals surface area contributed by atoms with Crippen molar-refractivity contribution >= 4 is 10.9 Å². The molecule has 2 rings (SSSR count). The average molecular weight is 288 g/mol. The zero-order valence-corrected chi connectivity index (χ0v) is 10.3. The highest BCUT2D eigenvalue weighted by Crippen LogP contribution is 2.34. The first kappa shape index (κ1) is 14.5. The maximum absolute atomic E-state index is 12.7. The SMILES string of the molecule is COc1cccc2nc(C(F)(F)F)nc(C(O)CO)c12. The molecule has 8 heteroatoms. The van der Waals surface area contributed by atoms with Crippen LogP contribution in [0.5, 0.6) is 5.75 Å². The summed E-state index contributed by atoms with van der Waals surface area (Å²) < 4.78 is 43.3. The van der Waals surface area contributed by atoms with Gasteiger partial charge >= 0.3 is 6.18 Å². The van der Waals surface area contributed by atoms with Gasteiger partial charge in [0.15, 0.2) is 0 Å². The number of hydrogen-bond donors (Lipinski definition) is 2. The molecule has 0 bridgehead atoms. The molecule has 20 heavy (non-hydrogen) atoms. The van der Waals surface area contributed by atoms with E-state index in [-0.39, 0.29) is 22.3 Å². The van der Waals surface area contributed by atoms with Gasteiger partial charge in [-0.3, -0.25) is 0 Å². The number of benzene rings is 1. The molecule has 5 nitrogen and oxygen atoms in total. The maximum Gasteiger partial charge on any atom is 0.451 e. The quantitative estimate of drug-likeness (QED) is 0.898. The number of aromatic nitrogens is 2. The van der Waals surface area contributed by atoms with Crippen LogP contribution in [0.1, 0.15) is 17.6 Å². The Hall–Kier alpha value is -1.93. The van der Waals surface area contributed by atoms with Crippen LogP contribution < -0.4 is 4.74 Å². The predicted molar refractivity (Wildman–Crippen MR) is 63.1 cm³/mol. The first-order valence-electron chi connectivity index (χ1n) is 5.59. The summed E-state index contributed by atoms with van der Waals surface area (Å²) in [5.41, 5.74) is -0.337. The first-order valence-corrected chi connectivity index (χ1v) is 5.59. The van der Waals surface area contributed by atoms with Crippen LogP contribution in [0, 0.1) is 0 Å². The molecule has 108 valence electrons. The highest BCUT2D eigenvalue weighted by Gasteiger charge is 2.36. The summed E-state index contributed by atoms with van der Waals surface area (Å²) in [5.74, 6) is -1.15. The van der Waals surface area contributed by atoms with Crippen LogP contribution in [0.2, 0.25) is 0 Å². The van der Waals surface area contributed by atoms with E-state index in [1.807, 2.05) is 0 Å². The molecule has 0 fully saturated rings. The molecule has 1 heterocycles. The van der Waals surface area contributed by atoms with Gasteiger partial charge in [0.1, 0.15) is 11.9 Å². The highest BCUT2D eigenvalue weighted by molar-refractivity contribution is 5.87. The van der Waals surface area contributed by atoms with E-state index in [1.165, 1.54) is 25.3 Å². The number of ether oxygens (including phenoxy) is 1. The van der Waals surface area contributed by atoms with Crippen molar-refractivity contribution in [2.45, 2.75) is 12.3 Å². The molecule has 1 aromatic heterocycles. The summed E-state index contributed by atoms with van der Waals surface area (Å²) in [6.07, 6.45) is -6.31. The summed E-state index contributed by atoms with van der Waals surface area (Å²) in [6, 6.07) is 4.33. The van der Waals surface area contributed by atoms with Gasteiger partial charge in [0.05, 0.1) is 30.3 Å². The van der Waals surface area contributed by atoms with Crippen molar-refractivity contribution < 1.29 is 28.1 Å². The molecule has 1 aromatic carbocycles. The van der Waals surface area contributed by atoms with Crippen molar-refractivity contribution in [3.05, 3.63) is 29.7 Å². The third-order valence-corrected chi connectivity index (χ3v) is 2.68. The molecule has 0 radical (unpaired) electrons. The molecular weight excluding hydrogens is 277 g/mol. The lowest BCUT2D eigenvalue weighted by Gasteiger charge is -2.15. The second-order valence-electron chi connectivity index (χ2n) is 3.98.